The van der Waals surface area contributed by atoms with Crippen LogP contribution in [-0.4, -0.2) is 23.6 Å². The number of hydrogen-bond acceptors (Lipinski definition) is 2. The molecule has 0 aromatic heterocycles. The van der Waals surface area contributed by atoms with Crippen molar-refractivity contribution in [1.82, 2.24) is 5.32 Å². The van der Waals surface area contributed by atoms with Gasteiger partial charge in [-0.3, -0.25) is 0 Å². The summed E-state index contributed by atoms with van der Waals surface area (Å²) in [6.07, 6.45) is 2.95. The molecule has 0 radical (unpaired) electrons. The molecule has 2 fully saturated rings. The Morgan fingerprint density at radius 2 is 2.10 bits per heavy atom. The normalized spacial score (nSPS) is 41.7. The molecule has 1 saturated heterocycles. The lowest BCUT2D eigenvalue weighted by Gasteiger charge is -2.28. The van der Waals surface area contributed by atoms with Crippen LogP contribution in [0, 0.1) is 5.92 Å². The lowest BCUT2D eigenvalue weighted by Crippen LogP contribution is -2.44. The van der Waals surface area contributed by atoms with Gasteiger partial charge in [0.2, 0.25) is 0 Å². The average molecular weight is 157 g/mol. The van der Waals surface area contributed by atoms with Crippen molar-refractivity contribution in [3.8, 4) is 0 Å². The van der Waals surface area contributed by atoms with Gasteiger partial charge < -0.3 is 5.32 Å². The molecule has 1 aliphatic heterocycles. The zero-order chi connectivity index (χ0) is 6.97. The minimum absolute atomic E-state index is 0.754. The Morgan fingerprint density at radius 1 is 1.30 bits per heavy atom. The van der Waals surface area contributed by atoms with Gasteiger partial charge >= 0.3 is 0 Å². The van der Waals surface area contributed by atoms with Crippen LogP contribution in [-0.2, 0) is 0 Å². The van der Waals surface area contributed by atoms with Gasteiger partial charge in [-0.1, -0.05) is 0 Å². The standard InChI is InChI=1S/C8H15NS/c1-6-4-10-5-8(9-6)7-2-3-7/h6-9H,2-5H2,1H3. The van der Waals surface area contributed by atoms with E-state index >= 15 is 0 Å². The van der Waals surface area contributed by atoms with Gasteiger partial charge in [-0.25, -0.2) is 0 Å². The quantitative estimate of drug-likeness (QED) is 0.619. The summed E-state index contributed by atoms with van der Waals surface area (Å²) in [5.41, 5.74) is 0. The van der Waals surface area contributed by atoms with E-state index in [0.717, 1.165) is 18.0 Å². The topological polar surface area (TPSA) is 12.0 Å². The van der Waals surface area contributed by atoms with Gasteiger partial charge in [-0.15, -0.1) is 0 Å². The fourth-order valence-corrected chi connectivity index (χ4v) is 2.81. The van der Waals surface area contributed by atoms with Crippen LogP contribution in [0.15, 0.2) is 0 Å². The van der Waals surface area contributed by atoms with Gasteiger partial charge in [0, 0.05) is 23.6 Å². The zero-order valence-electron chi connectivity index (χ0n) is 6.47. The van der Waals surface area contributed by atoms with E-state index in [1.807, 2.05) is 0 Å². The van der Waals surface area contributed by atoms with Crippen molar-refractivity contribution in [2.75, 3.05) is 11.5 Å². The Balaban J connectivity index is 1.84. The molecule has 2 aliphatic rings. The molecule has 0 amide bonds. The highest BCUT2D eigenvalue weighted by Gasteiger charge is 2.33. The summed E-state index contributed by atoms with van der Waals surface area (Å²) in [7, 11) is 0. The number of nitrogens with one attached hydrogen (secondary N) is 1. The van der Waals surface area contributed by atoms with E-state index in [4.69, 9.17) is 0 Å². The van der Waals surface area contributed by atoms with Crippen molar-refractivity contribution < 1.29 is 0 Å². The predicted molar refractivity (Wildman–Crippen MR) is 46.4 cm³/mol. The fourth-order valence-electron chi connectivity index (χ4n) is 1.60. The molecule has 2 atom stereocenters. The molecular weight excluding hydrogens is 142 g/mol. The Bertz CT molecular complexity index is 122. The largest absolute Gasteiger partial charge is 0.310 e. The molecule has 0 spiro atoms. The molecule has 1 heterocycles. The van der Waals surface area contributed by atoms with Crippen LogP contribution >= 0.6 is 11.8 Å². The highest BCUT2D eigenvalue weighted by atomic mass is 32.2. The van der Waals surface area contributed by atoms with Crippen LogP contribution in [0.4, 0.5) is 0 Å². The van der Waals surface area contributed by atoms with E-state index in [2.05, 4.69) is 24.0 Å². The third-order valence-electron chi connectivity index (χ3n) is 2.35. The van der Waals surface area contributed by atoms with E-state index in [9.17, 15) is 0 Å². The molecule has 58 valence electrons. The third-order valence-corrected chi connectivity index (χ3v) is 3.69. The van der Waals surface area contributed by atoms with Crippen LogP contribution < -0.4 is 5.32 Å². The Kier molecular flexibility index (Phi) is 1.92. The van der Waals surface area contributed by atoms with Crippen LogP contribution in [0.25, 0.3) is 0 Å². The van der Waals surface area contributed by atoms with E-state index in [1.54, 1.807) is 0 Å². The van der Waals surface area contributed by atoms with E-state index in [-0.39, 0.29) is 0 Å². The second-order valence-corrected chi connectivity index (χ2v) is 4.62. The monoisotopic (exact) mass is 157 g/mol. The van der Waals surface area contributed by atoms with E-state index < -0.39 is 0 Å². The summed E-state index contributed by atoms with van der Waals surface area (Å²) in [4.78, 5) is 0. The molecule has 1 saturated carbocycles. The average Bonchev–Trinajstić information content (AvgIpc) is 2.68. The van der Waals surface area contributed by atoms with Crippen LogP contribution in [0.1, 0.15) is 19.8 Å². The lowest BCUT2D eigenvalue weighted by molar-refractivity contribution is 0.448. The summed E-state index contributed by atoms with van der Waals surface area (Å²) in [6, 6.07) is 1.61. The molecule has 1 aliphatic carbocycles. The van der Waals surface area contributed by atoms with Crippen LogP contribution in [0.2, 0.25) is 0 Å². The first-order chi connectivity index (χ1) is 4.86. The van der Waals surface area contributed by atoms with Crippen molar-refractivity contribution in [2.24, 2.45) is 5.92 Å². The molecule has 2 heteroatoms. The first-order valence-electron chi connectivity index (χ1n) is 4.20. The zero-order valence-corrected chi connectivity index (χ0v) is 7.29. The Labute approximate surface area is 67.0 Å². The number of rotatable bonds is 1. The second-order valence-electron chi connectivity index (χ2n) is 3.55. The summed E-state index contributed by atoms with van der Waals surface area (Å²) < 4.78 is 0. The molecule has 10 heavy (non-hydrogen) atoms. The first-order valence-corrected chi connectivity index (χ1v) is 5.35. The van der Waals surface area contributed by atoms with Gasteiger partial charge in [0.05, 0.1) is 0 Å². The van der Waals surface area contributed by atoms with Crippen LogP contribution in [0.3, 0.4) is 0 Å². The van der Waals surface area contributed by atoms with Crippen molar-refractivity contribution >= 4 is 11.8 Å². The van der Waals surface area contributed by atoms with E-state index in [0.29, 0.717) is 0 Å². The maximum atomic E-state index is 3.66. The lowest BCUT2D eigenvalue weighted by atomic mass is 10.2. The molecule has 1 N–H and O–H groups in total. The highest BCUT2D eigenvalue weighted by molar-refractivity contribution is 7.99. The van der Waals surface area contributed by atoms with Gasteiger partial charge in [0.15, 0.2) is 0 Å². The summed E-state index contributed by atoms with van der Waals surface area (Å²) in [5, 5.41) is 3.66. The summed E-state index contributed by atoms with van der Waals surface area (Å²) in [5.74, 6) is 3.70. The molecule has 2 unspecified atom stereocenters. The van der Waals surface area contributed by atoms with Crippen LogP contribution in [0.5, 0.6) is 0 Å². The van der Waals surface area contributed by atoms with Crippen molar-refractivity contribution in [3.05, 3.63) is 0 Å². The van der Waals surface area contributed by atoms with Gasteiger partial charge in [0.25, 0.3) is 0 Å². The minimum atomic E-state index is 0.754. The van der Waals surface area contributed by atoms with Gasteiger partial charge in [-0.2, -0.15) is 11.8 Å². The maximum Gasteiger partial charge on any atom is 0.0189 e. The predicted octanol–water partition coefficient (Wildman–Crippen LogP) is 1.49. The summed E-state index contributed by atoms with van der Waals surface area (Å²) >= 11 is 2.12. The second kappa shape index (κ2) is 2.74. The van der Waals surface area contributed by atoms with Gasteiger partial charge in [-0.05, 0) is 25.7 Å². The Morgan fingerprint density at radius 3 is 2.70 bits per heavy atom. The Hall–Kier alpha value is 0.310. The smallest absolute Gasteiger partial charge is 0.0189 e. The molecule has 2 rings (SSSR count). The molecule has 0 aromatic carbocycles. The first kappa shape index (κ1) is 6.99. The molecule has 1 nitrogen and oxygen atoms in total. The molecule has 0 bridgehead atoms. The van der Waals surface area contributed by atoms with Crippen molar-refractivity contribution in [3.63, 3.8) is 0 Å². The van der Waals surface area contributed by atoms with E-state index in [1.165, 1.54) is 24.3 Å². The van der Waals surface area contributed by atoms with Crippen molar-refractivity contribution in [2.45, 2.75) is 31.8 Å². The minimum Gasteiger partial charge on any atom is -0.310 e. The molecule has 0 aromatic rings. The fraction of sp³-hybridized carbons (Fsp3) is 1.00. The third kappa shape index (κ3) is 1.48. The highest BCUT2D eigenvalue weighted by Crippen LogP contribution is 2.35. The number of hydrogen-bond donors (Lipinski definition) is 1. The molecular formula is C8H15NS. The SMILES string of the molecule is CC1CSCC(C2CC2)N1. The van der Waals surface area contributed by atoms with Crippen molar-refractivity contribution in [1.29, 1.82) is 0 Å². The van der Waals surface area contributed by atoms with Gasteiger partial charge in [0.1, 0.15) is 0 Å². The number of thioether (sulfide) groups is 1. The maximum absolute atomic E-state index is 3.66. The summed E-state index contributed by atoms with van der Waals surface area (Å²) in [6.45, 7) is 2.29.